The summed E-state index contributed by atoms with van der Waals surface area (Å²) in [6, 6.07) is 1.92. The Bertz CT molecular complexity index is 489. The van der Waals surface area contributed by atoms with Gasteiger partial charge in [-0.25, -0.2) is 0 Å². The van der Waals surface area contributed by atoms with Crippen LogP contribution >= 0.6 is 0 Å². The maximum absolute atomic E-state index is 11.3. The number of benzene rings is 1. The molecule has 1 aromatic carbocycles. The molecule has 1 N–H and O–H groups in total. The van der Waals surface area contributed by atoms with E-state index in [9.17, 15) is 9.90 Å². The lowest BCUT2D eigenvalue weighted by atomic mass is 9.83. The normalized spacial score (nSPS) is 11.3. The van der Waals surface area contributed by atoms with Crippen molar-refractivity contribution < 1.29 is 19.4 Å². The minimum Gasteiger partial charge on any atom is -0.496 e. The van der Waals surface area contributed by atoms with Crippen LogP contribution in [0.2, 0.25) is 0 Å². The van der Waals surface area contributed by atoms with Gasteiger partial charge in [0.2, 0.25) is 0 Å². The summed E-state index contributed by atoms with van der Waals surface area (Å²) in [4.78, 5) is 11.3. The van der Waals surface area contributed by atoms with Crippen molar-refractivity contribution in [3.05, 3.63) is 22.8 Å². The molecule has 0 aliphatic carbocycles. The zero-order valence-corrected chi connectivity index (χ0v) is 12.5. The van der Waals surface area contributed by atoms with Crippen molar-refractivity contribution in [3.63, 3.8) is 0 Å². The minimum absolute atomic E-state index is 0.419. The monoisotopic (exact) mass is 266 g/mol. The van der Waals surface area contributed by atoms with E-state index in [1.165, 1.54) is 0 Å². The van der Waals surface area contributed by atoms with Crippen molar-refractivity contribution in [2.45, 2.75) is 34.1 Å². The molecule has 0 amide bonds. The zero-order chi connectivity index (χ0) is 14.8. The zero-order valence-electron chi connectivity index (χ0n) is 12.5. The molecule has 0 heterocycles. The molecule has 0 saturated heterocycles. The van der Waals surface area contributed by atoms with Crippen LogP contribution in [-0.2, 0) is 11.2 Å². The predicted molar refractivity (Wildman–Crippen MR) is 74.1 cm³/mol. The highest BCUT2D eigenvalue weighted by molar-refractivity contribution is 5.74. The first kappa shape index (κ1) is 15.3. The van der Waals surface area contributed by atoms with Crippen LogP contribution in [0.15, 0.2) is 6.07 Å². The third kappa shape index (κ3) is 3.00. The predicted octanol–water partition coefficient (Wildman–Crippen LogP) is 2.97. The SMILES string of the molecule is COc1cc(C)c(CC(C)(C)C(=O)O)c(OC)c1C. The highest BCUT2D eigenvalue weighted by Crippen LogP contribution is 2.37. The van der Waals surface area contributed by atoms with Gasteiger partial charge >= 0.3 is 5.97 Å². The molecule has 4 nitrogen and oxygen atoms in total. The lowest BCUT2D eigenvalue weighted by molar-refractivity contribution is -0.146. The molecular formula is C15H22O4. The number of carboxylic acid groups (broad SMARTS) is 1. The maximum atomic E-state index is 11.3. The summed E-state index contributed by atoms with van der Waals surface area (Å²) in [5, 5.41) is 9.26. The lowest BCUT2D eigenvalue weighted by Crippen LogP contribution is -2.27. The van der Waals surface area contributed by atoms with Gasteiger partial charge in [0.15, 0.2) is 0 Å². The van der Waals surface area contributed by atoms with Crippen molar-refractivity contribution >= 4 is 5.97 Å². The van der Waals surface area contributed by atoms with E-state index in [1.807, 2.05) is 19.9 Å². The smallest absolute Gasteiger partial charge is 0.309 e. The summed E-state index contributed by atoms with van der Waals surface area (Å²) in [6.07, 6.45) is 0.419. The van der Waals surface area contributed by atoms with E-state index < -0.39 is 11.4 Å². The van der Waals surface area contributed by atoms with Gasteiger partial charge in [-0.05, 0) is 51.3 Å². The number of hydrogen-bond donors (Lipinski definition) is 1. The third-order valence-corrected chi connectivity index (χ3v) is 3.43. The molecule has 19 heavy (non-hydrogen) atoms. The first-order valence-corrected chi connectivity index (χ1v) is 6.19. The van der Waals surface area contributed by atoms with E-state index in [1.54, 1.807) is 28.1 Å². The number of rotatable bonds is 5. The average Bonchev–Trinajstić information content (AvgIpc) is 2.33. The van der Waals surface area contributed by atoms with Gasteiger partial charge in [0.1, 0.15) is 11.5 Å². The highest BCUT2D eigenvalue weighted by Gasteiger charge is 2.30. The standard InChI is InChI=1S/C15H22O4/c1-9-7-12(18-5)10(2)13(19-6)11(9)8-15(3,4)14(16)17/h7H,8H2,1-6H3,(H,16,17). The first-order valence-electron chi connectivity index (χ1n) is 6.19. The molecule has 0 aliphatic rings. The number of carboxylic acids is 1. The molecule has 0 fully saturated rings. The number of methoxy groups -OCH3 is 2. The van der Waals surface area contributed by atoms with Crippen molar-refractivity contribution in [3.8, 4) is 11.5 Å². The number of aliphatic carboxylic acids is 1. The molecule has 4 heteroatoms. The number of hydrogen-bond acceptors (Lipinski definition) is 3. The molecule has 106 valence electrons. The highest BCUT2D eigenvalue weighted by atomic mass is 16.5. The van der Waals surface area contributed by atoms with E-state index in [2.05, 4.69) is 0 Å². The quantitative estimate of drug-likeness (QED) is 0.890. The Kier molecular flexibility index (Phi) is 4.45. The van der Waals surface area contributed by atoms with Gasteiger partial charge in [-0.15, -0.1) is 0 Å². The summed E-state index contributed by atoms with van der Waals surface area (Å²) in [7, 11) is 3.21. The number of carbonyl (C=O) groups is 1. The molecular weight excluding hydrogens is 244 g/mol. The summed E-state index contributed by atoms with van der Waals surface area (Å²) >= 11 is 0. The summed E-state index contributed by atoms with van der Waals surface area (Å²) in [5.41, 5.74) is 1.97. The molecule has 0 aromatic heterocycles. The van der Waals surface area contributed by atoms with E-state index in [0.29, 0.717) is 12.2 Å². The van der Waals surface area contributed by atoms with Crippen LogP contribution in [-0.4, -0.2) is 25.3 Å². The van der Waals surface area contributed by atoms with E-state index in [4.69, 9.17) is 9.47 Å². The molecule has 0 spiro atoms. The van der Waals surface area contributed by atoms with E-state index in [0.717, 1.165) is 22.4 Å². The summed E-state index contributed by atoms with van der Waals surface area (Å²) in [5.74, 6) is 0.653. The molecule has 1 rings (SSSR count). The maximum Gasteiger partial charge on any atom is 0.309 e. The Morgan fingerprint density at radius 2 is 1.84 bits per heavy atom. The van der Waals surface area contributed by atoms with Crippen molar-refractivity contribution in [2.24, 2.45) is 5.41 Å². The first-order chi connectivity index (χ1) is 8.74. The molecule has 0 aliphatic heterocycles. The van der Waals surface area contributed by atoms with Gasteiger partial charge < -0.3 is 14.6 Å². The third-order valence-electron chi connectivity index (χ3n) is 3.43. The average molecular weight is 266 g/mol. The molecule has 1 aromatic rings. The van der Waals surface area contributed by atoms with Crippen LogP contribution < -0.4 is 9.47 Å². The van der Waals surface area contributed by atoms with Gasteiger partial charge in [-0.3, -0.25) is 4.79 Å². The fourth-order valence-electron chi connectivity index (χ4n) is 2.13. The minimum atomic E-state index is -0.834. The van der Waals surface area contributed by atoms with Crippen molar-refractivity contribution in [1.29, 1.82) is 0 Å². The van der Waals surface area contributed by atoms with Gasteiger partial charge in [0, 0.05) is 5.56 Å². The molecule has 0 bridgehead atoms. The van der Waals surface area contributed by atoms with Crippen molar-refractivity contribution in [1.82, 2.24) is 0 Å². The van der Waals surface area contributed by atoms with Gasteiger partial charge in [0.25, 0.3) is 0 Å². The second-order valence-electron chi connectivity index (χ2n) is 5.40. The van der Waals surface area contributed by atoms with Crippen LogP contribution in [0.1, 0.15) is 30.5 Å². The second-order valence-corrected chi connectivity index (χ2v) is 5.40. The van der Waals surface area contributed by atoms with Gasteiger partial charge in [-0.1, -0.05) is 0 Å². The molecule has 0 atom stereocenters. The van der Waals surface area contributed by atoms with Gasteiger partial charge in [0.05, 0.1) is 19.6 Å². The second kappa shape index (κ2) is 5.51. The van der Waals surface area contributed by atoms with Crippen LogP contribution in [0.3, 0.4) is 0 Å². The van der Waals surface area contributed by atoms with E-state index in [-0.39, 0.29) is 0 Å². The van der Waals surface area contributed by atoms with Gasteiger partial charge in [-0.2, -0.15) is 0 Å². The topological polar surface area (TPSA) is 55.8 Å². The number of ether oxygens (including phenoxy) is 2. The Balaban J connectivity index is 3.36. The fraction of sp³-hybridized carbons (Fsp3) is 0.533. The summed E-state index contributed by atoms with van der Waals surface area (Å²) in [6.45, 7) is 7.29. The number of aryl methyl sites for hydroxylation is 1. The molecule has 0 unspecified atom stereocenters. The van der Waals surface area contributed by atoms with Crippen LogP contribution in [0.4, 0.5) is 0 Å². The largest absolute Gasteiger partial charge is 0.496 e. The lowest BCUT2D eigenvalue weighted by Gasteiger charge is -2.24. The van der Waals surface area contributed by atoms with Crippen LogP contribution in [0.25, 0.3) is 0 Å². The van der Waals surface area contributed by atoms with Crippen LogP contribution in [0.5, 0.6) is 11.5 Å². The Morgan fingerprint density at radius 1 is 1.26 bits per heavy atom. The van der Waals surface area contributed by atoms with E-state index >= 15 is 0 Å². The van der Waals surface area contributed by atoms with Crippen LogP contribution in [0, 0.1) is 19.3 Å². The fourth-order valence-corrected chi connectivity index (χ4v) is 2.13. The Labute approximate surface area is 114 Å². The molecule has 0 radical (unpaired) electrons. The summed E-state index contributed by atoms with van der Waals surface area (Å²) < 4.78 is 10.8. The Morgan fingerprint density at radius 3 is 2.26 bits per heavy atom. The van der Waals surface area contributed by atoms with Crippen molar-refractivity contribution in [2.75, 3.05) is 14.2 Å². The Hall–Kier alpha value is -1.71. The molecule has 0 saturated carbocycles.